The number of anilines is 2. The van der Waals surface area contributed by atoms with Crippen molar-refractivity contribution >= 4 is 27.3 Å². The molecular weight excluding hydrogens is 386 g/mol. The van der Waals surface area contributed by atoms with Crippen LogP contribution in [0.1, 0.15) is 22.8 Å². The molecule has 0 saturated heterocycles. The molecule has 7 heteroatoms. The van der Waals surface area contributed by atoms with Gasteiger partial charge < -0.3 is 5.32 Å². The van der Waals surface area contributed by atoms with Crippen molar-refractivity contribution in [2.75, 3.05) is 16.2 Å². The molecule has 0 spiro atoms. The first kappa shape index (κ1) is 20.1. The Morgan fingerprint density at radius 1 is 1.00 bits per heavy atom. The van der Waals surface area contributed by atoms with Crippen LogP contribution in [-0.2, 0) is 10.0 Å². The lowest BCUT2D eigenvalue weighted by Gasteiger charge is -2.24. The van der Waals surface area contributed by atoms with E-state index in [1.54, 1.807) is 61.5 Å². The molecule has 3 rings (SSSR count). The molecule has 146 valence electrons. The van der Waals surface area contributed by atoms with E-state index in [0.717, 1.165) is 0 Å². The number of hydrogen-bond donors (Lipinski definition) is 1. The van der Waals surface area contributed by atoms with Gasteiger partial charge in [-0.1, -0.05) is 36.4 Å². The fourth-order valence-corrected chi connectivity index (χ4v) is 4.55. The van der Waals surface area contributed by atoms with Gasteiger partial charge in [0.25, 0.3) is 15.9 Å². The van der Waals surface area contributed by atoms with Crippen LogP contribution in [0.2, 0.25) is 0 Å². The van der Waals surface area contributed by atoms with Crippen LogP contribution in [-0.4, -0.2) is 20.9 Å². The maximum absolute atomic E-state index is 13.3. The number of carbonyl (C=O) groups excluding carboxylic acids is 1. The summed E-state index contributed by atoms with van der Waals surface area (Å²) in [6.45, 7) is 1.98. The van der Waals surface area contributed by atoms with Gasteiger partial charge in [0.15, 0.2) is 0 Å². The lowest BCUT2D eigenvalue weighted by atomic mass is 10.1. The van der Waals surface area contributed by atoms with E-state index in [0.29, 0.717) is 11.3 Å². The zero-order valence-electron chi connectivity index (χ0n) is 15.7. The largest absolute Gasteiger partial charge is 0.321 e. The lowest BCUT2D eigenvalue weighted by Crippen LogP contribution is -2.31. The first-order valence-electron chi connectivity index (χ1n) is 8.95. The highest BCUT2D eigenvalue weighted by atomic mass is 32.2. The first-order valence-corrected chi connectivity index (χ1v) is 10.4. The molecule has 0 saturated carbocycles. The SMILES string of the molecule is CCN(c1ccccc1)S(=O)(=O)c1ccccc1NC(=O)c1cccc(C#N)c1. The Morgan fingerprint density at radius 3 is 2.38 bits per heavy atom. The van der Waals surface area contributed by atoms with Gasteiger partial charge in [0.2, 0.25) is 0 Å². The number of nitrogens with zero attached hydrogens (tertiary/aromatic N) is 2. The number of nitriles is 1. The molecule has 1 N–H and O–H groups in total. The zero-order chi connectivity index (χ0) is 20.9. The van der Waals surface area contributed by atoms with Gasteiger partial charge in [-0.15, -0.1) is 0 Å². The predicted molar refractivity (Wildman–Crippen MR) is 112 cm³/mol. The molecule has 3 aromatic rings. The lowest BCUT2D eigenvalue weighted by molar-refractivity contribution is 0.102. The van der Waals surface area contributed by atoms with Gasteiger partial charge >= 0.3 is 0 Å². The number of amides is 1. The normalized spacial score (nSPS) is 10.8. The van der Waals surface area contributed by atoms with Crippen LogP contribution in [0.5, 0.6) is 0 Å². The van der Waals surface area contributed by atoms with E-state index in [9.17, 15) is 13.2 Å². The first-order chi connectivity index (χ1) is 14.0. The van der Waals surface area contributed by atoms with Gasteiger partial charge in [-0.25, -0.2) is 8.42 Å². The highest BCUT2D eigenvalue weighted by molar-refractivity contribution is 7.93. The van der Waals surface area contributed by atoms with E-state index >= 15 is 0 Å². The van der Waals surface area contributed by atoms with Crippen LogP contribution in [0.25, 0.3) is 0 Å². The van der Waals surface area contributed by atoms with Crippen LogP contribution in [0.3, 0.4) is 0 Å². The van der Waals surface area contributed by atoms with E-state index < -0.39 is 15.9 Å². The smallest absolute Gasteiger partial charge is 0.266 e. The molecule has 0 aliphatic heterocycles. The second-order valence-electron chi connectivity index (χ2n) is 6.15. The topological polar surface area (TPSA) is 90.3 Å². The summed E-state index contributed by atoms with van der Waals surface area (Å²) in [6.07, 6.45) is 0. The molecule has 0 heterocycles. The molecule has 0 radical (unpaired) electrons. The maximum atomic E-state index is 13.3. The van der Waals surface area contributed by atoms with E-state index in [4.69, 9.17) is 5.26 Å². The van der Waals surface area contributed by atoms with Crippen LogP contribution in [0.4, 0.5) is 11.4 Å². The summed E-state index contributed by atoms with van der Waals surface area (Å²) in [5, 5.41) is 11.7. The summed E-state index contributed by atoms with van der Waals surface area (Å²) in [6, 6.07) is 23.2. The quantitative estimate of drug-likeness (QED) is 0.670. The summed E-state index contributed by atoms with van der Waals surface area (Å²) in [5.74, 6) is -0.493. The summed E-state index contributed by atoms with van der Waals surface area (Å²) >= 11 is 0. The fourth-order valence-electron chi connectivity index (χ4n) is 2.92. The third-order valence-electron chi connectivity index (χ3n) is 4.29. The summed E-state index contributed by atoms with van der Waals surface area (Å²) in [7, 11) is -3.91. The number of carbonyl (C=O) groups is 1. The van der Waals surface area contributed by atoms with Crippen molar-refractivity contribution in [3.8, 4) is 6.07 Å². The van der Waals surface area contributed by atoms with E-state index in [1.165, 1.54) is 22.5 Å². The minimum Gasteiger partial charge on any atom is -0.321 e. The average molecular weight is 405 g/mol. The molecule has 3 aromatic carbocycles. The average Bonchev–Trinajstić information content (AvgIpc) is 2.75. The Bertz CT molecular complexity index is 1170. The number of sulfonamides is 1. The number of para-hydroxylation sites is 2. The molecule has 0 fully saturated rings. The summed E-state index contributed by atoms with van der Waals surface area (Å²) in [4.78, 5) is 12.6. The Balaban J connectivity index is 1.98. The second kappa shape index (κ2) is 8.59. The monoisotopic (exact) mass is 405 g/mol. The van der Waals surface area contributed by atoms with Crippen LogP contribution >= 0.6 is 0 Å². The second-order valence-corrected chi connectivity index (χ2v) is 7.98. The Morgan fingerprint density at radius 2 is 1.69 bits per heavy atom. The third kappa shape index (κ3) is 4.28. The predicted octanol–water partition coefficient (Wildman–Crippen LogP) is 4.03. The van der Waals surface area contributed by atoms with Gasteiger partial charge in [-0.05, 0) is 49.4 Å². The number of hydrogen-bond acceptors (Lipinski definition) is 4. The molecule has 0 bridgehead atoms. The third-order valence-corrected chi connectivity index (χ3v) is 6.25. The zero-order valence-corrected chi connectivity index (χ0v) is 16.6. The molecular formula is C22H19N3O3S. The molecule has 6 nitrogen and oxygen atoms in total. The van der Waals surface area contributed by atoms with Crippen molar-refractivity contribution in [2.24, 2.45) is 0 Å². The number of rotatable bonds is 6. The van der Waals surface area contributed by atoms with Gasteiger partial charge in [0.05, 0.1) is 23.0 Å². The highest BCUT2D eigenvalue weighted by Gasteiger charge is 2.26. The van der Waals surface area contributed by atoms with Crippen molar-refractivity contribution < 1.29 is 13.2 Å². The van der Waals surface area contributed by atoms with E-state index in [2.05, 4.69) is 5.32 Å². The van der Waals surface area contributed by atoms with E-state index in [-0.39, 0.29) is 22.7 Å². The van der Waals surface area contributed by atoms with Gasteiger partial charge in [0.1, 0.15) is 4.90 Å². The maximum Gasteiger partial charge on any atom is 0.266 e. The van der Waals surface area contributed by atoms with Crippen molar-refractivity contribution in [3.63, 3.8) is 0 Å². The molecule has 0 unspecified atom stereocenters. The van der Waals surface area contributed by atoms with Crippen molar-refractivity contribution in [1.29, 1.82) is 5.26 Å². The summed E-state index contributed by atoms with van der Waals surface area (Å²) in [5.41, 5.74) is 1.33. The minimum atomic E-state index is -3.91. The van der Waals surface area contributed by atoms with Crippen molar-refractivity contribution in [1.82, 2.24) is 0 Å². The van der Waals surface area contributed by atoms with Gasteiger partial charge in [-0.3, -0.25) is 9.10 Å². The Labute approximate surface area is 170 Å². The Kier molecular flexibility index (Phi) is 5.96. The van der Waals surface area contributed by atoms with Crippen LogP contribution < -0.4 is 9.62 Å². The van der Waals surface area contributed by atoms with E-state index in [1.807, 2.05) is 12.1 Å². The van der Waals surface area contributed by atoms with Crippen LogP contribution in [0, 0.1) is 11.3 Å². The van der Waals surface area contributed by atoms with Crippen LogP contribution in [0.15, 0.2) is 83.8 Å². The van der Waals surface area contributed by atoms with Gasteiger partial charge in [-0.2, -0.15) is 5.26 Å². The molecule has 0 aliphatic rings. The minimum absolute atomic E-state index is 0.00418. The number of benzene rings is 3. The molecule has 1 amide bonds. The van der Waals surface area contributed by atoms with Crippen molar-refractivity contribution in [3.05, 3.63) is 90.0 Å². The number of nitrogens with one attached hydrogen (secondary N) is 1. The highest BCUT2D eigenvalue weighted by Crippen LogP contribution is 2.28. The molecule has 0 aromatic heterocycles. The Hall–Kier alpha value is -3.63. The van der Waals surface area contributed by atoms with Gasteiger partial charge in [0, 0.05) is 12.1 Å². The molecule has 0 atom stereocenters. The molecule has 29 heavy (non-hydrogen) atoms. The summed E-state index contributed by atoms with van der Waals surface area (Å²) < 4.78 is 28.0. The molecule has 0 aliphatic carbocycles. The standard InChI is InChI=1S/C22H19N3O3S/c1-2-25(19-11-4-3-5-12-19)29(27,28)21-14-7-6-13-20(21)24-22(26)18-10-8-9-17(15-18)16-23/h3-15H,2H2,1H3,(H,24,26). The fraction of sp³-hybridized carbons (Fsp3) is 0.0909. The van der Waals surface area contributed by atoms with Crippen molar-refractivity contribution in [2.45, 2.75) is 11.8 Å².